The van der Waals surface area contributed by atoms with E-state index in [1.165, 1.54) is 0 Å². The highest BCUT2D eigenvalue weighted by molar-refractivity contribution is 9.10. The summed E-state index contributed by atoms with van der Waals surface area (Å²) in [6.07, 6.45) is -0.649. The third-order valence-corrected chi connectivity index (χ3v) is 3.59. The number of carbonyl (C=O) groups is 1. The molecule has 0 radical (unpaired) electrons. The Hall–Kier alpha value is -1.23. The Kier molecular flexibility index (Phi) is 5.51. The van der Waals surface area contributed by atoms with Crippen LogP contribution in [0.2, 0.25) is 10.0 Å². The van der Waals surface area contributed by atoms with Crippen LogP contribution in [0.15, 0.2) is 46.9 Å². The van der Waals surface area contributed by atoms with Gasteiger partial charge in [0.05, 0.1) is 0 Å². The fraction of sp³-hybridized carbons (Fsp3) is 0.133. The zero-order valence-electron chi connectivity index (χ0n) is 11.1. The minimum atomic E-state index is -0.649. The minimum Gasteiger partial charge on any atom is -0.481 e. The van der Waals surface area contributed by atoms with Gasteiger partial charge in [-0.2, -0.15) is 0 Å². The van der Waals surface area contributed by atoms with Crippen LogP contribution < -0.4 is 10.1 Å². The van der Waals surface area contributed by atoms with Crippen molar-refractivity contribution in [1.29, 1.82) is 0 Å². The molecule has 1 atom stereocenters. The first-order chi connectivity index (χ1) is 9.94. The second-order valence-corrected chi connectivity index (χ2v) is 6.15. The Labute approximate surface area is 141 Å². The van der Waals surface area contributed by atoms with Crippen LogP contribution in [0.3, 0.4) is 0 Å². The molecule has 0 saturated heterocycles. The molecule has 0 aliphatic rings. The average molecular weight is 389 g/mol. The van der Waals surface area contributed by atoms with Gasteiger partial charge in [-0.3, -0.25) is 4.79 Å². The lowest BCUT2D eigenvalue weighted by Gasteiger charge is -2.15. The van der Waals surface area contributed by atoms with Gasteiger partial charge < -0.3 is 10.1 Å². The van der Waals surface area contributed by atoms with Crippen molar-refractivity contribution in [1.82, 2.24) is 0 Å². The normalized spacial score (nSPS) is 11.8. The molecular weight excluding hydrogens is 377 g/mol. The smallest absolute Gasteiger partial charge is 0.265 e. The summed E-state index contributed by atoms with van der Waals surface area (Å²) in [4.78, 5) is 12.1. The zero-order valence-corrected chi connectivity index (χ0v) is 14.2. The number of amides is 1. The van der Waals surface area contributed by atoms with Crippen molar-refractivity contribution in [3.63, 3.8) is 0 Å². The maximum absolute atomic E-state index is 12.1. The Morgan fingerprint density at radius 2 is 1.71 bits per heavy atom. The Morgan fingerprint density at radius 3 is 2.29 bits per heavy atom. The fourth-order valence-corrected chi connectivity index (χ4v) is 2.43. The highest BCUT2D eigenvalue weighted by Crippen LogP contribution is 2.23. The van der Waals surface area contributed by atoms with Crippen molar-refractivity contribution in [2.45, 2.75) is 13.0 Å². The first-order valence-corrected chi connectivity index (χ1v) is 7.68. The zero-order chi connectivity index (χ0) is 15.4. The van der Waals surface area contributed by atoms with E-state index >= 15 is 0 Å². The number of anilines is 1. The standard InChI is InChI=1S/C15H12BrCl2NO2/c1-9(21-14-4-2-10(16)3-5-14)15(20)19-13-7-11(17)6-12(18)8-13/h2-9H,1H3,(H,19,20)/t9-/m0/s1. The third-order valence-electron chi connectivity index (χ3n) is 2.63. The Balaban J connectivity index is 2.00. The van der Waals surface area contributed by atoms with Crippen molar-refractivity contribution in [3.05, 3.63) is 57.0 Å². The molecule has 0 aromatic heterocycles. The van der Waals surface area contributed by atoms with Gasteiger partial charge in [0.1, 0.15) is 5.75 Å². The Morgan fingerprint density at radius 1 is 1.14 bits per heavy atom. The molecule has 1 amide bonds. The van der Waals surface area contributed by atoms with E-state index in [9.17, 15) is 4.79 Å². The molecule has 0 saturated carbocycles. The van der Waals surface area contributed by atoms with Gasteiger partial charge in [0.2, 0.25) is 0 Å². The summed E-state index contributed by atoms with van der Waals surface area (Å²) in [7, 11) is 0. The van der Waals surface area contributed by atoms with Crippen LogP contribution in [-0.4, -0.2) is 12.0 Å². The third kappa shape index (κ3) is 4.92. The van der Waals surface area contributed by atoms with Gasteiger partial charge in [0.15, 0.2) is 6.10 Å². The number of hydrogen-bond donors (Lipinski definition) is 1. The number of hydrogen-bond acceptors (Lipinski definition) is 2. The molecule has 0 heterocycles. The number of nitrogens with one attached hydrogen (secondary N) is 1. The van der Waals surface area contributed by atoms with Crippen LogP contribution >= 0.6 is 39.1 Å². The van der Waals surface area contributed by atoms with E-state index in [0.29, 0.717) is 21.5 Å². The molecule has 0 unspecified atom stereocenters. The summed E-state index contributed by atoms with van der Waals surface area (Å²) >= 11 is 15.1. The van der Waals surface area contributed by atoms with Gasteiger partial charge in [-0.1, -0.05) is 39.1 Å². The molecule has 0 bridgehead atoms. The molecule has 0 fully saturated rings. The molecule has 21 heavy (non-hydrogen) atoms. The molecule has 2 aromatic rings. The minimum absolute atomic E-state index is 0.281. The number of carbonyl (C=O) groups excluding carboxylic acids is 1. The molecule has 2 aromatic carbocycles. The molecule has 0 spiro atoms. The van der Waals surface area contributed by atoms with Crippen LogP contribution in [0.4, 0.5) is 5.69 Å². The van der Waals surface area contributed by atoms with Crippen LogP contribution in [0.5, 0.6) is 5.75 Å². The molecule has 1 N–H and O–H groups in total. The lowest BCUT2D eigenvalue weighted by atomic mass is 10.3. The topological polar surface area (TPSA) is 38.3 Å². The summed E-state index contributed by atoms with van der Waals surface area (Å²) in [6, 6.07) is 12.1. The largest absolute Gasteiger partial charge is 0.481 e. The van der Waals surface area contributed by atoms with Gasteiger partial charge in [-0.25, -0.2) is 0 Å². The highest BCUT2D eigenvalue weighted by Gasteiger charge is 2.15. The summed E-state index contributed by atoms with van der Waals surface area (Å²) in [6.45, 7) is 1.67. The van der Waals surface area contributed by atoms with E-state index in [2.05, 4.69) is 21.2 Å². The van der Waals surface area contributed by atoms with Crippen LogP contribution in [0, 0.1) is 0 Å². The van der Waals surface area contributed by atoms with E-state index in [0.717, 1.165) is 4.47 Å². The first kappa shape index (κ1) is 16.1. The van der Waals surface area contributed by atoms with Crippen molar-refractivity contribution < 1.29 is 9.53 Å². The van der Waals surface area contributed by atoms with E-state index in [1.807, 2.05) is 12.1 Å². The first-order valence-electron chi connectivity index (χ1n) is 6.13. The maximum Gasteiger partial charge on any atom is 0.265 e. The number of ether oxygens (including phenoxy) is 1. The van der Waals surface area contributed by atoms with E-state index < -0.39 is 6.10 Å². The van der Waals surface area contributed by atoms with Crippen molar-refractivity contribution in [2.75, 3.05) is 5.32 Å². The van der Waals surface area contributed by atoms with Crippen LogP contribution in [-0.2, 0) is 4.79 Å². The lowest BCUT2D eigenvalue weighted by Crippen LogP contribution is -2.30. The summed E-state index contributed by atoms with van der Waals surface area (Å²) in [5, 5.41) is 3.63. The molecular formula is C15H12BrCl2NO2. The average Bonchev–Trinajstić information content (AvgIpc) is 2.40. The number of benzene rings is 2. The van der Waals surface area contributed by atoms with Gasteiger partial charge in [-0.05, 0) is 49.4 Å². The monoisotopic (exact) mass is 387 g/mol. The van der Waals surface area contributed by atoms with E-state index in [1.54, 1.807) is 37.3 Å². The Bertz CT molecular complexity index is 626. The molecule has 0 aliphatic heterocycles. The highest BCUT2D eigenvalue weighted by atomic mass is 79.9. The molecule has 2 rings (SSSR count). The van der Waals surface area contributed by atoms with E-state index in [-0.39, 0.29) is 5.91 Å². The van der Waals surface area contributed by atoms with Gasteiger partial charge in [0.25, 0.3) is 5.91 Å². The quantitative estimate of drug-likeness (QED) is 0.785. The van der Waals surface area contributed by atoms with Crippen LogP contribution in [0.25, 0.3) is 0 Å². The number of halogens is 3. The SMILES string of the molecule is C[C@H](Oc1ccc(Br)cc1)C(=O)Nc1cc(Cl)cc(Cl)c1. The predicted molar refractivity (Wildman–Crippen MR) is 89.3 cm³/mol. The second-order valence-electron chi connectivity index (χ2n) is 4.36. The fourth-order valence-electron chi connectivity index (χ4n) is 1.64. The van der Waals surface area contributed by atoms with Crippen molar-refractivity contribution in [2.24, 2.45) is 0 Å². The van der Waals surface area contributed by atoms with Crippen molar-refractivity contribution in [3.8, 4) is 5.75 Å². The van der Waals surface area contributed by atoms with Gasteiger partial charge >= 0.3 is 0 Å². The van der Waals surface area contributed by atoms with Gasteiger partial charge in [0, 0.05) is 20.2 Å². The molecule has 3 nitrogen and oxygen atoms in total. The maximum atomic E-state index is 12.1. The summed E-state index contributed by atoms with van der Waals surface area (Å²) in [5.41, 5.74) is 0.531. The number of rotatable bonds is 4. The molecule has 0 aliphatic carbocycles. The summed E-state index contributed by atoms with van der Waals surface area (Å²) in [5.74, 6) is 0.334. The van der Waals surface area contributed by atoms with Crippen LogP contribution in [0.1, 0.15) is 6.92 Å². The van der Waals surface area contributed by atoms with E-state index in [4.69, 9.17) is 27.9 Å². The van der Waals surface area contributed by atoms with Crippen molar-refractivity contribution >= 4 is 50.7 Å². The van der Waals surface area contributed by atoms with Gasteiger partial charge in [-0.15, -0.1) is 0 Å². The predicted octanol–water partition coefficient (Wildman–Crippen LogP) is 5.16. The lowest BCUT2D eigenvalue weighted by molar-refractivity contribution is -0.122. The molecule has 110 valence electrons. The second kappa shape index (κ2) is 7.16. The molecule has 6 heteroatoms. The summed E-state index contributed by atoms with van der Waals surface area (Å²) < 4.78 is 6.51.